The molecule has 0 spiro atoms. The van der Waals surface area contributed by atoms with Crippen LogP contribution in [0.15, 0.2) is 33.4 Å². The maximum absolute atomic E-state index is 12.2. The standard InChI is InChI=1S/C16H20N4O3/c1-12-17-15(18-23-12)11-19(2)13-7-8-20(10-13)16(21)6-5-14-4-3-9-22-14/h3-6,9,13H,7-8,10-11H2,1-2H3/b6-5+. The first-order valence-electron chi connectivity index (χ1n) is 7.62. The highest BCUT2D eigenvalue weighted by Gasteiger charge is 2.28. The zero-order chi connectivity index (χ0) is 16.2. The first kappa shape index (κ1) is 15.5. The molecule has 0 N–H and O–H groups in total. The maximum atomic E-state index is 12.2. The molecule has 1 aliphatic rings. The first-order valence-corrected chi connectivity index (χ1v) is 7.62. The number of carbonyl (C=O) groups excluding carboxylic acids is 1. The van der Waals surface area contributed by atoms with Gasteiger partial charge in [0.15, 0.2) is 5.82 Å². The maximum Gasteiger partial charge on any atom is 0.246 e. The highest BCUT2D eigenvalue weighted by Crippen LogP contribution is 2.17. The van der Waals surface area contributed by atoms with Gasteiger partial charge in [-0.25, -0.2) is 0 Å². The fourth-order valence-electron chi connectivity index (χ4n) is 2.70. The number of hydrogen-bond donors (Lipinski definition) is 0. The van der Waals surface area contributed by atoms with E-state index >= 15 is 0 Å². The minimum Gasteiger partial charge on any atom is -0.465 e. The molecule has 1 unspecified atom stereocenters. The van der Waals surface area contributed by atoms with Crippen molar-refractivity contribution in [1.82, 2.24) is 19.9 Å². The molecular formula is C16H20N4O3. The van der Waals surface area contributed by atoms with Gasteiger partial charge in [-0.15, -0.1) is 0 Å². The Kier molecular flexibility index (Phi) is 4.57. The Hall–Kier alpha value is -2.41. The van der Waals surface area contributed by atoms with E-state index in [-0.39, 0.29) is 5.91 Å². The van der Waals surface area contributed by atoms with Crippen molar-refractivity contribution in [2.75, 3.05) is 20.1 Å². The summed E-state index contributed by atoms with van der Waals surface area (Å²) in [6, 6.07) is 3.91. The lowest BCUT2D eigenvalue weighted by molar-refractivity contribution is -0.125. The molecule has 0 aromatic carbocycles. The highest BCUT2D eigenvalue weighted by molar-refractivity contribution is 5.91. The van der Waals surface area contributed by atoms with Crippen LogP contribution >= 0.6 is 0 Å². The topological polar surface area (TPSA) is 75.6 Å². The molecule has 1 amide bonds. The molecule has 1 saturated heterocycles. The summed E-state index contributed by atoms with van der Waals surface area (Å²) in [5, 5.41) is 3.91. The Morgan fingerprint density at radius 3 is 3.13 bits per heavy atom. The lowest BCUT2D eigenvalue weighted by Gasteiger charge is -2.22. The van der Waals surface area contributed by atoms with E-state index in [1.54, 1.807) is 31.4 Å². The molecule has 1 aliphatic heterocycles. The third-order valence-electron chi connectivity index (χ3n) is 3.99. The molecule has 0 radical (unpaired) electrons. The van der Waals surface area contributed by atoms with Crippen molar-refractivity contribution in [2.24, 2.45) is 0 Å². The lowest BCUT2D eigenvalue weighted by Crippen LogP contribution is -2.35. The third kappa shape index (κ3) is 3.87. The third-order valence-corrected chi connectivity index (χ3v) is 3.99. The average molecular weight is 316 g/mol. The summed E-state index contributed by atoms with van der Waals surface area (Å²) in [6.07, 6.45) is 5.78. The molecule has 0 aliphatic carbocycles. The van der Waals surface area contributed by atoms with Crippen LogP contribution < -0.4 is 0 Å². The lowest BCUT2D eigenvalue weighted by atomic mass is 10.2. The number of furan rings is 1. The van der Waals surface area contributed by atoms with Crippen molar-refractivity contribution in [2.45, 2.75) is 25.9 Å². The molecule has 1 fully saturated rings. The summed E-state index contributed by atoms with van der Waals surface area (Å²) >= 11 is 0. The van der Waals surface area contributed by atoms with E-state index in [9.17, 15) is 4.79 Å². The van der Waals surface area contributed by atoms with Crippen molar-refractivity contribution in [3.05, 3.63) is 41.9 Å². The van der Waals surface area contributed by atoms with E-state index in [1.807, 2.05) is 18.0 Å². The number of hydrogen-bond acceptors (Lipinski definition) is 6. The predicted octanol–water partition coefficient (Wildman–Crippen LogP) is 1.72. The molecule has 1 atom stereocenters. The van der Waals surface area contributed by atoms with Crippen LogP contribution in [0.3, 0.4) is 0 Å². The van der Waals surface area contributed by atoms with Crippen LogP contribution in [0.2, 0.25) is 0 Å². The van der Waals surface area contributed by atoms with Gasteiger partial charge in [-0.2, -0.15) is 4.98 Å². The van der Waals surface area contributed by atoms with E-state index in [0.29, 0.717) is 36.6 Å². The van der Waals surface area contributed by atoms with Gasteiger partial charge >= 0.3 is 0 Å². The van der Waals surface area contributed by atoms with Gasteiger partial charge in [0.1, 0.15) is 5.76 Å². The van der Waals surface area contributed by atoms with Crippen molar-refractivity contribution in [3.8, 4) is 0 Å². The Bertz CT molecular complexity index is 677. The van der Waals surface area contributed by atoms with Gasteiger partial charge in [0, 0.05) is 32.1 Å². The van der Waals surface area contributed by atoms with Gasteiger partial charge in [0.05, 0.1) is 12.8 Å². The summed E-state index contributed by atoms with van der Waals surface area (Å²) in [5.41, 5.74) is 0. The van der Waals surface area contributed by atoms with Gasteiger partial charge in [-0.1, -0.05) is 5.16 Å². The Balaban J connectivity index is 1.52. The van der Waals surface area contributed by atoms with Gasteiger partial charge in [-0.3, -0.25) is 9.69 Å². The van der Waals surface area contributed by atoms with Crippen molar-refractivity contribution in [3.63, 3.8) is 0 Å². The van der Waals surface area contributed by atoms with Crippen molar-refractivity contribution < 1.29 is 13.7 Å². The second kappa shape index (κ2) is 6.78. The number of likely N-dealkylation sites (tertiary alicyclic amines) is 1. The number of rotatable bonds is 5. The molecule has 7 heteroatoms. The molecule has 23 heavy (non-hydrogen) atoms. The quantitative estimate of drug-likeness (QED) is 0.782. The van der Waals surface area contributed by atoms with Crippen LogP contribution in [0.4, 0.5) is 0 Å². The molecular weight excluding hydrogens is 296 g/mol. The Morgan fingerprint density at radius 1 is 1.57 bits per heavy atom. The summed E-state index contributed by atoms with van der Waals surface area (Å²) in [6.45, 7) is 3.85. The molecule has 0 bridgehead atoms. The van der Waals surface area contributed by atoms with Crippen LogP contribution in [0.1, 0.15) is 23.9 Å². The van der Waals surface area contributed by atoms with Crippen LogP contribution in [0.5, 0.6) is 0 Å². The number of likely N-dealkylation sites (N-methyl/N-ethyl adjacent to an activating group) is 1. The van der Waals surface area contributed by atoms with Crippen molar-refractivity contribution in [1.29, 1.82) is 0 Å². The van der Waals surface area contributed by atoms with Crippen LogP contribution in [0, 0.1) is 6.92 Å². The second-order valence-corrected chi connectivity index (χ2v) is 5.72. The Morgan fingerprint density at radius 2 is 2.43 bits per heavy atom. The van der Waals surface area contributed by atoms with Gasteiger partial charge < -0.3 is 13.8 Å². The minimum absolute atomic E-state index is 0.00713. The fraction of sp³-hybridized carbons (Fsp3) is 0.438. The first-order chi connectivity index (χ1) is 11.1. The molecule has 3 rings (SSSR count). The number of nitrogens with zero attached hydrogens (tertiary/aromatic N) is 4. The smallest absolute Gasteiger partial charge is 0.246 e. The number of amides is 1. The molecule has 122 valence electrons. The SMILES string of the molecule is Cc1nc(CN(C)C2CCN(C(=O)/C=C/c3ccco3)C2)no1. The fourth-order valence-corrected chi connectivity index (χ4v) is 2.70. The van der Waals surface area contributed by atoms with Crippen LogP contribution in [-0.2, 0) is 11.3 Å². The van der Waals surface area contributed by atoms with Gasteiger partial charge in [0.25, 0.3) is 0 Å². The van der Waals surface area contributed by atoms with E-state index < -0.39 is 0 Å². The van der Waals surface area contributed by atoms with Gasteiger partial charge in [0.2, 0.25) is 11.8 Å². The minimum atomic E-state index is 0.00713. The molecule has 7 nitrogen and oxygen atoms in total. The summed E-state index contributed by atoms with van der Waals surface area (Å²) in [5.74, 6) is 1.93. The largest absolute Gasteiger partial charge is 0.465 e. The zero-order valence-electron chi connectivity index (χ0n) is 13.3. The Labute approximate surface area is 134 Å². The molecule has 3 heterocycles. The normalized spacial score (nSPS) is 18.4. The van der Waals surface area contributed by atoms with E-state index in [4.69, 9.17) is 8.94 Å². The second-order valence-electron chi connectivity index (χ2n) is 5.72. The predicted molar refractivity (Wildman–Crippen MR) is 83.2 cm³/mol. The van der Waals surface area contributed by atoms with Gasteiger partial charge in [-0.05, 0) is 31.7 Å². The number of aryl methyl sites for hydroxylation is 1. The van der Waals surface area contributed by atoms with Crippen molar-refractivity contribution >= 4 is 12.0 Å². The number of carbonyl (C=O) groups is 1. The average Bonchev–Trinajstić information content (AvgIpc) is 3.26. The number of aromatic nitrogens is 2. The van der Waals surface area contributed by atoms with E-state index in [2.05, 4.69) is 15.0 Å². The molecule has 0 saturated carbocycles. The van der Waals surface area contributed by atoms with E-state index in [1.165, 1.54) is 0 Å². The highest BCUT2D eigenvalue weighted by atomic mass is 16.5. The van der Waals surface area contributed by atoms with Crippen LogP contribution in [-0.4, -0.2) is 52.0 Å². The zero-order valence-corrected chi connectivity index (χ0v) is 13.3. The summed E-state index contributed by atoms with van der Waals surface area (Å²) in [4.78, 5) is 20.4. The summed E-state index contributed by atoms with van der Waals surface area (Å²) in [7, 11) is 2.02. The molecule has 2 aromatic heterocycles. The molecule has 2 aromatic rings. The van der Waals surface area contributed by atoms with E-state index in [0.717, 1.165) is 13.0 Å². The summed E-state index contributed by atoms with van der Waals surface area (Å²) < 4.78 is 10.2. The van der Waals surface area contributed by atoms with Crippen LogP contribution in [0.25, 0.3) is 6.08 Å². The monoisotopic (exact) mass is 316 g/mol.